The summed E-state index contributed by atoms with van der Waals surface area (Å²) < 4.78 is 1.15. The predicted octanol–water partition coefficient (Wildman–Crippen LogP) is 3.66. The summed E-state index contributed by atoms with van der Waals surface area (Å²) in [5, 5.41) is 10.9. The van der Waals surface area contributed by atoms with Crippen LogP contribution < -0.4 is 10.6 Å². The molecule has 120 valence electrons. The van der Waals surface area contributed by atoms with Gasteiger partial charge in [-0.05, 0) is 17.9 Å². The van der Waals surface area contributed by atoms with Gasteiger partial charge in [-0.15, -0.1) is 22.7 Å². The smallest absolute Gasteiger partial charge is 0.190 e. The highest BCUT2D eigenvalue weighted by atomic mass is 32.2. The number of nitrogens with zero attached hydrogens (tertiary/aromatic N) is 2. The second kappa shape index (κ2) is 9.86. The van der Waals surface area contributed by atoms with Crippen LogP contribution in [0.15, 0.2) is 38.4 Å². The molecule has 0 bridgehead atoms. The molecule has 1 atom stereocenters. The lowest BCUT2D eigenvalue weighted by Gasteiger charge is -2.15. The van der Waals surface area contributed by atoms with Gasteiger partial charge in [-0.3, -0.25) is 4.99 Å². The Morgan fingerprint density at radius 3 is 2.95 bits per heavy atom. The van der Waals surface area contributed by atoms with Crippen molar-refractivity contribution in [3.63, 3.8) is 0 Å². The lowest BCUT2D eigenvalue weighted by molar-refractivity contribution is 0.705. The highest BCUT2D eigenvalue weighted by molar-refractivity contribution is 8.00. The quantitative estimate of drug-likeness (QED) is 0.329. The van der Waals surface area contributed by atoms with E-state index >= 15 is 0 Å². The average molecular weight is 355 g/mol. The molecule has 0 amide bonds. The summed E-state index contributed by atoms with van der Waals surface area (Å²) in [6.07, 6.45) is 2.94. The first-order chi connectivity index (χ1) is 10.8. The van der Waals surface area contributed by atoms with Crippen molar-refractivity contribution in [1.82, 2.24) is 15.6 Å². The molecule has 0 spiro atoms. The van der Waals surface area contributed by atoms with Crippen LogP contribution in [0.1, 0.15) is 24.1 Å². The van der Waals surface area contributed by atoms with Crippen molar-refractivity contribution in [2.24, 2.45) is 4.99 Å². The lowest BCUT2D eigenvalue weighted by atomic mass is 10.1. The number of nitrogens with one attached hydrogen (secondary N) is 2. The molecular formula is C15H22N4S3. The molecule has 22 heavy (non-hydrogen) atoms. The minimum atomic E-state index is 0.499. The van der Waals surface area contributed by atoms with E-state index in [4.69, 9.17) is 0 Å². The summed E-state index contributed by atoms with van der Waals surface area (Å²) in [7, 11) is 1.81. The second-order valence-electron chi connectivity index (χ2n) is 4.80. The fraction of sp³-hybridized carbons (Fsp3) is 0.467. The van der Waals surface area contributed by atoms with Crippen molar-refractivity contribution in [3.8, 4) is 0 Å². The Morgan fingerprint density at radius 1 is 1.36 bits per heavy atom. The van der Waals surface area contributed by atoms with E-state index in [0.717, 1.165) is 35.6 Å². The summed E-state index contributed by atoms with van der Waals surface area (Å²) in [6, 6.07) is 4.28. The SMILES string of the molecule is CN=C(NCCCSc1nccs1)NCC(C)c1cccs1. The van der Waals surface area contributed by atoms with Gasteiger partial charge in [-0.1, -0.05) is 24.8 Å². The van der Waals surface area contributed by atoms with Crippen molar-refractivity contribution in [2.45, 2.75) is 23.6 Å². The molecule has 0 aromatic carbocycles. The second-order valence-corrected chi connectivity index (χ2v) is 8.01. The third-order valence-electron chi connectivity index (χ3n) is 3.08. The Kier molecular flexibility index (Phi) is 7.76. The van der Waals surface area contributed by atoms with Gasteiger partial charge in [0.15, 0.2) is 5.96 Å². The number of thioether (sulfide) groups is 1. The number of rotatable bonds is 8. The zero-order valence-electron chi connectivity index (χ0n) is 12.9. The maximum atomic E-state index is 4.27. The van der Waals surface area contributed by atoms with Crippen LogP contribution in [0.3, 0.4) is 0 Å². The molecule has 0 saturated heterocycles. The summed E-state index contributed by atoms with van der Waals surface area (Å²) in [5.41, 5.74) is 0. The van der Waals surface area contributed by atoms with Crippen LogP contribution in [0.4, 0.5) is 0 Å². The number of guanidine groups is 1. The summed E-state index contributed by atoms with van der Waals surface area (Å²) in [4.78, 5) is 9.94. The molecule has 0 aliphatic heterocycles. The molecular weight excluding hydrogens is 332 g/mol. The van der Waals surface area contributed by atoms with Gasteiger partial charge in [-0.25, -0.2) is 4.98 Å². The highest BCUT2D eigenvalue weighted by Crippen LogP contribution is 2.20. The minimum absolute atomic E-state index is 0.499. The van der Waals surface area contributed by atoms with Crippen molar-refractivity contribution < 1.29 is 0 Å². The largest absolute Gasteiger partial charge is 0.356 e. The highest BCUT2D eigenvalue weighted by Gasteiger charge is 2.07. The number of aliphatic imine (C=N–C) groups is 1. The third kappa shape index (κ3) is 5.98. The van der Waals surface area contributed by atoms with Gasteiger partial charge in [0.1, 0.15) is 4.34 Å². The van der Waals surface area contributed by atoms with E-state index in [-0.39, 0.29) is 0 Å². The topological polar surface area (TPSA) is 49.3 Å². The molecule has 0 saturated carbocycles. The Labute approximate surface area is 144 Å². The van der Waals surface area contributed by atoms with Crippen LogP contribution in [-0.4, -0.2) is 36.8 Å². The summed E-state index contributed by atoms with van der Waals surface area (Å²) in [5.74, 6) is 2.45. The Morgan fingerprint density at radius 2 is 2.27 bits per heavy atom. The normalized spacial score (nSPS) is 13.1. The molecule has 1 unspecified atom stereocenters. The van der Waals surface area contributed by atoms with E-state index in [1.54, 1.807) is 22.7 Å². The van der Waals surface area contributed by atoms with Crippen LogP contribution in [0, 0.1) is 0 Å². The van der Waals surface area contributed by atoms with Crippen LogP contribution in [0.5, 0.6) is 0 Å². The Hall–Kier alpha value is -1.05. The van der Waals surface area contributed by atoms with Crippen LogP contribution in [-0.2, 0) is 0 Å². The van der Waals surface area contributed by atoms with Crippen molar-refractivity contribution in [2.75, 3.05) is 25.9 Å². The fourth-order valence-corrected chi connectivity index (χ4v) is 4.30. The van der Waals surface area contributed by atoms with Crippen molar-refractivity contribution in [3.05, 3.63) is 34.0 Å². The van der Waals surface area contributed by atoms with E-state index in [1.807, 2.05) is 30.4 Å². The van der Waals surface area contributed by atoms with Crippen LogP contribution in [0.2, 0.25) is 0 Å². The van der Waals surface area contributed by atoms with Gasteiger partial charge < -0.3 is 10.6 Å². The monoisotopic (exact) mass is 354 g/mol. The van der Waals surface area contributed by atoms with E-state index in [0.29, 0.717) is 5.92 Å². The molecule has 2 N–H and O–H groups in total. The number of thiophene rings is 1. The van der Waals surface area contributed by atoms with Crippen molar-refractivity contribution in [1.29, 1.82) is 0 Å². The molecule has 0 radical (unpaired) electrons. The third-order valence-corrected chi connectivity index (χ3v) is 6.23. The Balaban J connectivity index is 1.59. The lowest BCUT2D eigenvalue weighted by Crippen LogP contribution is -2.39. The first-order valence-corrected chi connectivity index (χ1v) is 10.0. The van der Waals surface area contributed by atoms with Gasteiger partial charge in [0.25, 0.3) is 0 Å². The van der Waals surface area contributed by atoms with E-state index in [2.05, 4.69) is 45.0 Å². The van der Waals surface area contributed by atoms with Gasteiger partial charge in [0.2, 0.25) is 0 Å². The molecule has 4 nitrogen and oxygen atoms in total. The van der Waals surface area contributed by atoms with E-state index < -0.39 is 0 Å². The molecule has 2 heterocycles. The summed E-state index contributed by atoms with van der Waals surface area (Å²) in [6.45, 7) is 4.05. The van der Waals surface area contributed by atoms with E-state index in [1.165, 1.54) is 4.88 Å². The van der Waals surface area contributed by atoms with Crippen LogP contribution in [0.25, 0.3) is 0 Å². The van der Waals surface area contributed by atoms with Gasteiger partial charge in [0.05, 0.1) is 0 Å². The van der Waals surface area contributed by atoms with Gasteiger partial charge in [0, 0.05) is 48.3 Å². The number of thiazole rings is 1. The first-order valence-electron chi connectivity index (χ1n) is 7.30. The minimum Gasteiger partial charge on any atom is -0.356 e. The first kappa shape index (κ1) is 17.3. The fourth-order valence-electron chi connectivity index (χ4n) is 1.86. The molecule has 2 aromatic rings. The molecule has 0 fully saturated rings. The predicted molar refractivity (Wildman–Crippen MR) is 99.6 cm³/mol. The molecule has 0 aliphatic carbocycles. The van der Waals surface area contributed by atoms with Gasteiger partial charge >= 0.3 is 0 Å². The standard InChI is InChI=1S/C15H22N4S3/c1-12(13-5-3-8-20-13)11-19-14(16-2)17-6-4-9-21-15-18-7-10-22-15/h3,5,7-8,10,12H,4,6,9,11H2,1-2H3,(H2,16,17,19). The van der Waals surface area contributed by atoms with Crippen molar-refractivity contribution >= 4 is 40.4 Å². The zero-order chi connectivity index (χ0) is 15.6. The number of hydrogen-bond acceptors (Lipinski definition) is 5. The molecule has 2 rings (SSSR count). The zero-order valence-corrected chi connectivity index (χ0v) is 15.4. The maximum Gasteiger partial charge on any atom is 0.190 e. The number of aromatic nitrogens is 1. The average Bonchev–Trinajstić information content (AvgIpc) is 3.22. The number of hydrogen-bond donors (Lipinski definition) is 2. The molecule has 0 aliphatic rings. The maximum absolute atomic E-state index is 4.27. The molecule has 7 heteroatoms. The molecule has 2 aromatic heterocycles. The Bertz CT molecular complexity index is 537. The summed E-state index contributed by atoms with van der Waals surface area (Å²) >= 11 is 5.31. The van der Waals surface area contributed by atoms with Crippen LogP contribution >= 0.6 is 34.4 Å². The van der Waals surface area contributed by atoms with Gasteiger partial charge in [-0.2, -0.15) is 0 Å². The van der Waals surface area contributed by atoms with E-state index in [9.17, 15) is 0 Å².